The molecular formula is C17H18BrNO3S. The number of thioether (sulfide) groups is 1. The fourth-order valence-corrected chi connectivity index (χ4v) is 3.25. The van der Waals surface area contributed by atoms with Crippen LogP contribution in [0.15, 0.2) is 51.8 Å². The average molecular weight is 396 g/mol. The van der Waals surface area contributed by atoms with E-state index in [1.54, 1.807) is 14.2 Å². The summed E-state index contributed by atoms with van der Waals surface area (Å²) in [7, 11) is 3.19. The minimum absolute atomic E-state index is 0.0529. The van der Waals surface area contributed by atoms with Gasteiger partial charge >= 0.3 is 0 Å². The summed E-state index contributed by atoms with van der Waals surface area (Å²) >= 11 is 4.85. The minimum atomic E-state index is -0.243. The number of nitrogens with one attached hydrogen (secondary N) is 1. The summed E-state index contributed by atoms with van der Waals surface area (Å²) in [5.74, 6) is 1.27. The Kier molecular flexibility index (Phi) is 6.36. The molecule has 23 heavy (non-hydrogen) atoms. The van der Waals surface area contributed by atoms with Crippen molar-refractivity contribution in [1.82, 2.24) is 0 Å². The Morgan fingerprint density at radius 1 is 1.13 bits per heavy atom. The Morgan fingerprint density at radius 2 is 1.87 bits per heavy atom. The minimum Gasteiger partial charge on any atom is -0.493 e. The number of amides is 1. The molecule has 0 saturated carbocycles. The van der Waals surface area contributed by atoms with Crippen molar-refractivity contribution in [3.05, 3.63) is 46.9 Å². The summed E-state index contributed by atoms with van der Waals surface area (Å²) in [6, 6.07) is 13.1. The quantitative estimate of drug-likeness (QED) is 0.726. The molecule has 2 aromatic carbocycles. The molecule has 0 spiro atoms. The van der Waals surface area contributed by atoms with Crippen molar-refractivity contribution in [2.75, 3.05) is 19.5 Å². The van der Waals surface area contributed by atoms with Gasteiger partial charge in [0.1, 0.15) is 0 Å². The van der Waals surface area contributed by atoms with E-state index in [4.69, 9.17) is 9.47 Å². The summed E-state index contributed by atoms with van der Waals surface area (Å²) < 4.78 is 11.4. The normalized spacial score (nSPS) is 11.7. The number of rotatable bonds is 6. The number of halogens is 1. The van der Waals surface area contributed by atoms with Crippen molar-refractivity contribution < 1.29 is 14.3 Å². The van der Waals surface area contributed by atoms with Crippen LogP contribution in [0.1, 0.15) is 6.92 Å². The number of carbonyl (C=O) groups is 1. The molecule has 0 heterocycles. The molecule has 2 rings (SSSR count). The second kappa shape index (κ2) is 8.26. The van der Waals surface area contributed by atoms with Gasteiger partial charge < -0.3 is 14.8 Å². The van der Waals surface area contributed by atoms with Crippen molar-refractivity contribution in [1.29, 1.82) is 0 Å². The Hall–Kier alpha value is -1.66. The highest BCUT2D eigenvalue weighted by Gasteiger charge is 2.16. The van der Waals surface area contributed by atoms with Crippen molar-refractivity contribution in [2.24, 2.45) is 0 Å². The zero-order valence-corrected chi connectivity index (χ0v) is 15.5. The summed E-state index contributed by atoms with van der Waals surface area (Å²) in [6.07, 6.45) is 0. The fourth-order valence-electron chi connectivity index (χ4n) is 1.96. The van der Waals surface area contributed by atoms with Crippen molar-refractivity contribution in [3.8, 4) is 11.5 Å². The standard InChI is InChI=1S/C17H18BrNO3S/c1-11(17(20)19-13-6-4-5-12(18)9-13)23-14-7-8-15(21-2)16(10-14)22-3/h4-11H,1-3H3,(H,19,20)/t11-/m0/s1. The molecule has 0 aliphatic carbocycles. The van der Waals surface area contributed by atoms with Gasteiger partial charge in [-0.25, -0.2) is 0 Å². The smallest absolute Gasteiger partial charge is 0.237 e. The third-order valence-electron chi connectivity index (χ3n) is 3.13. The van der Waals surface area contributed by atoms with Crippen LogP contribution < -0.4 is 14.8 Å². The predicted octanol–water partition coefficient (Wildman–Crippen LogP) is 4.59. The third-order valence-corrected chi connectivity index (χ3v) is 4.72. The highest BCUT2D eigenvalue weighted by atomic mass is 79.9. The molecule has 0 aromatic heterocycles. The first-order valence-electron chi connectivity index (χ1n) is 6.98. The molecule has 0 saturated heterocycles. The Labute approximate surface area is 148 Å². The number of methoxy groups -OCH3 is 2. The Bertz CT molecular complexity index is 693. The van der Waals surface area contributed by atoms with Crippen LogP contribution in [0.3, 0.4) is 0 Å². The molecule has 0 unspecified atom stereocenters. The molecule has 1 amide bonds. The lowest BCUT2D eigenvalue weighted by Gasteiger charge is -2.14. The van der Waals surface area contributed by atoms with Gasteiger partial charge in [-0.3, -0.25) is 4.79 Å². The second-order valence-electron chi connectivity index (χ2n) is 4.78. The topological polar surface area (TPSA) is 47.6 Å². The lowest BCUT2D eigenvalue weighted by molar-refractivity contribution is -0.115. The molecule has 0 fully saturated rings. The Balaban J connectivity index is 2.03. The summed E-state index contributed by atoms with van der Waals surface area (Å²) in [5, 5.41) is 2.66. The van der Waals surface area contributed by atoms with Crippen LogP contribution in [0.25, 0.3) is 0 Å². The van der Waals surface area contributed by atoms with Crippen molar-refractivity contribution in [2.45, 2.75) is 17.1 Å². The zero-order valence-electron chi connectivity index (χ0n) is 13.1. The maximum Gasteiger partial charge on any atom is 0.237 e. The largest absolute Gasteiger partial charge is 0.493 e. The van der Waals surface area contributed by atoms with E-state index in [0.717, 1.165) is 15.1 Å². The van der Waals surface area contributed by atoms with Gasteiger partial charge in [0.15, 0.2) is 11.5 Å². The number of ether oxygens (including phenoxy) is 2. The van der Waals surface area contributed by atoms with Gasteiger partial charge in [-0.15, -0.1) is 11.8 Å². The van der Waals surface area contributed by atoms with E-state index in [0.29, 0.717) is 11.5 Å². The molecule has 122 valence electrons. The van der Waals surface area contributed by atoms with E-state index in [9.17, 15) is 4.79 Å². The van der Waals surface area contributed by atoms with Gasteiger partial charge in [0.2, 0.25) is 5.91 Å². The van der Waals surface area contributed by atoms with Crippen molar-refractivity contribution in [3.63, 3.8) is 0 Å². The monoisotopic (exact) mass is 395 g/mol. The maximum atomic E-state index is 12.3. The lowest BCUT2D eigenvalue weighted by atomic mass is 10.3. The van der Waals surface area contributed by atoms with E-state index in [2.05, 4.69) is 21.2 Å². The molecule has 4 nitrogen and oxygen atoms in total. The van der Waals surface area contributed by atoms with Crippen LogP contribution >= 0.6 is 27.7 Å². The molecular weight excluding hydrogens is 378 g/mol. The molecule has 0 radical (unpaired) electrons. The van der Waals surface area contributed by atoms with E-state index in [1.165, 1.54) is 11.8 Å². The fraction of sp³-hybridized carbons (Fsp3) is 0.235. The van der Waals surface area contributed by atoms with E-state index < -0.39 is 0 Å². The summed E-state index contributed by atoms with van der Waals surface area (Å²) in [5.41, 5.74) is 0.768. The number of hydrogen-bond donors (Lipinski definition) is 1. The van der Waals surface area contributed by atoms with Crippen molar-refractivity contribution >= 4 is 39.3 Å². The molecule has 1 atom stereocenters. The number of carbonyl (C=O) groups excluding carboxylic acids is 1. The zero-order chi connectivity index (χ0) is 16.8. The SMILES string of the molecule is COc1ccc(S[C@@H](C)C(=O)Nc2cccc(Br)c2)cc1OC. The van der Waals surface area contributed by atoms with E-state index in [-0.39, 0.29) is 11.2 Å². The average Bonchev–Trinajstić information content (AvgIpc) is 2.54. The highest BCUT2D eigenvalue weighted by Crippen LogP contribution is 2.33. The Morgan fingerprint density at radius 3 is 2.52 bits per heavy atom. The van der Waals surface area contributed by atoms with Gasteiger partial charge in [-0.05, 0) is 43.3 Å². The third kappa shape index (κ3) is 4.91. The van der Waals surface area contributed by atoms with E-state index >= 15 is 0 Å². The number of benzene rings is 2. The van der Waals surface area contributed by atoms with Crippen LogP contribution in [0.2, 0.25) is 0 Å². The number of hydrogen-bond acceptors (Lipinski definition) is 4. The maximum absolute atomic E-state index is 12.3. The highest BCUT2D eigenvalue weighted by molar-refractivity contribution is 9.10. The van der Waals surface area contributed by atoms with Crippen LogP contribution in [0.5, 0.6) is 11.5 Å². The predicted molar refractivity (Wildman–Crippen MR) is 97.6 cm³/mol. The van der Waals surface area contributed by atoms with Gasteiger partial charge in [-0.2, -0.15) is 0 Å². The molecule has 6 heteroatoms. The molecule has 1 N–H and O–H groups in total. The van der Waals surface area contributed by atoms with Crippen LogP contribution in [-0.2, 0) is 4.79 Å². The summed E-state index contributed by atoms with van der Waals surface area (Å²) in [6.45, 7) is 1.87. The van der Waals surface area contributed by atoms with E-state index in [1.807, 2.05) is 49.4 Å². The summed E-state index contributed by atoms with van der Waals surface area (Å²) in [4.78, 5) is 13.2. The van der Waals surface area contributed by atoms with Crippen LogP contribution in [0.4, 0.5) is 5.69 Å². The first-order valence-corrected chi connectivity index (χ1v) is 8.66. The first-order chi connectivity index (χ1) is 11.0. The van der Waals surface area contributed by atoms with Gasteiger partial charge in [-0.1, -0.05) is 22.0 Å². The van der Waals surface area contributed by atoms with Gasteiger partial charge in [0.05, 0.1) is 19.5 Å². The molecule has 0 aliphatic heterocycles. The molecule has 2 aromatic rings. The van der Waals surface area contributed by atoms with Gasteiger partial charge in [0, 0.05) is 15.1 Å². The second-order valence-corrected chi connectivity index (χ2v) is 7.11. The van der Waals surface area contributed by atoms with Gasteiger partial charge in [0.25, 0.3) is 0 Å². The van der Waals surface area contributed by atoms with Crippen LogP contribution in [0, 0.1) is 0 Å². The van der Waals surface area contributed by atoms with Crippen LogP contribution in [-0.4, -0.2) is 25.4 Å². The first kappa shape index (κ1) is 17.7. The molecule has 0 aliphatic rings. The number of anilines is 1. The lowest BCUT2D eigenvalue weighted by Crippen LogP contribution is -2.22. The molecule has 0 bridgehead atoms.